The van der Waals surface area contributed by atoms with E-state index in [-0.39, 0.29) is 11.1 Å². The molecule has 1 aromatic heterocycles. The van der Waals surface area contributed by atoms with Gasteiger partial charge < -0.3 is 9.72 Å². The van der Waals surface area contributed by atoms with E-state index in [9.17, 15) is 31.1 Å². The zero-order valence-electron chi connectivity index (χ0n) is 10.5. The van der Waals surface area contributed by atoms with Gasteiger partial charge in [-0.15, -0.1) is 13.2 Å². The van der Waals surface area contributed by atoms with Crippen LogP contribution in [0, 0.1) is 0 Å². The van der Waals surface area contributed by atoms with Crippen molar-refractivity contribution in [3.63, 3.8) is 0 Å². The fraction of sp³-hybridized carbons (Fsp3) is 0.154. The van der Waals surface area contributed by atoms with Crippen molar-refractivity contribution in [2.45, 2.75) is 12.5 Å². The minimum absolute atomic E-state index is 0.0154. The number of H-pyrrole nitrogens is 1. The van der Waals surface area contributed by atoms with Gasteiger partial charge >= 0.3 is 12.5 Å². The maximum absolute atomic E-state index is 12.6. The summed E-state index contributed by atoms with van der Waals surface area (Å²) < 4.78 is 78.0. The molecule has 0 saturated heterocycles. The quantitative estimate of drug-likeness (QED) is 0.850. The van der Waals surface area contributed by atoms with Crippen molar-refractivity contribution in [2.75, 3.05) is 0 Å². The molecule has 118 valence electrons. The van der Waals surface area contributed by atoms with Gasteiger partial charge in [0.25, 0.3) is 0 Å². The zero-order chi connectivity index (χ0) is 16.5. The van der Waals surface area contributed by atoms with E-state index >= 15 is 0 Å². The van der Waals surface area contributed by atoms with Crippen molar-refractivity contribution < 1.29 is 31.1 Å². The zero-order valence-corrected chi connectivity index (χ0v) is 10.5. The van der Waals surface area contributed by atoms with Gasteiger partial charge in [0.2, 0.25) is 5.56 Å². The molecule has 0 bridgehead atoms. The Bertz CT molecular complexity index is 732. The van der Waals surface area contributed by atoms with Gasteiger partial charge in [-0.25, -0.2) is 0 Å². The molecule has 0 aliphatic heterocycles. The Morgan fingerprint density at radius 1 is 0.909 bits per heavy atom. The highest BCUT2D eigenvalue weighted by Crippen LogP contribution is 2.31. The third-order valence-electron chi connectivity index (χ3n) is 2.55. The normalized spacial score (nSPS) is 12.3. The molecule has 0 atom stereocenters. The van der Waals surface area contributed by atoms with Crippen LogP contribution in [0.1, 0.15) is 5.69 Å². The molecule has 0 saturated carbocycles. The number of hydrogen-bond acceptors (Lipinski definition) is 2. The van der Waals surface area contributed by atoms with E-state index in [1.165, 1.54) is 12.1 Å². The molecule has 0 aliphatic rings. The Labute approximate surface area is 119 Å². The molecule has 0 spiro atoms. The number of nitrogens with one attached hydrogen (secondary N) is 1. The molecule has 0 unspecified atom stereocenters. The molecule has 0 amide bonds. The minimum atomic E-state index is -4.93. The van der Waals surface area contributed by atoms with Crippen LogP contribution in [-0.2, 0) is 6.18 Å². The van der Waals surface area contributed by atoms with Crippen molar-refractivity contribution in [1.29, 1.82) is 0 Å². The highest BCUT2D eigenvalue weighted by Gasteiger charge is 2.33. The van der Waals surface area contributed by atoms with Crippen molar-refractivity contribution in [3.8, 4) is 16.9 Å². The Hall–Kier alpha value is -2.45. The van der Waals surface area contributed by atoms with Crippen molar-refractivity contribution in [1.82, 2.24) is 4.98 Å². The summed E-state index contributed by atoms with van der Waals surface area (Å²) in [6.07, 6.45) is -9.71. The highest BCUT2D eigenvalue weighted by molar-refractivity contribution is 5.65. The van der Waals surface area contributed by atoms with Gasteiger partial charge in [0, 0.05) is 6.07 Å². The van der Waals surface area contributed by atoms with E-state index < -0.39 is 29.5 Å². The second-order valence-corrected chi connectivity index (χ2v) is 4.22. The van der Waals surface area contributed by atoms with Crippen LogP contribution in [0.2, 0.25) is 0 Å². The topological polar surface area (TPSA) is 42.1 Å². The lowest BCUT2D eigenvalue weighted by atomic mass is 10.1. The summed E-state index contributed by atoms with van der Waals surface area (Å²) in [6.45, 7) is 0. The van der Waals surface area contributed by atoms with Crippen LogP contribution in [-0.4, -0.2) is 11.3 Å². The van der Waals surface area contributed by atoms with Gasteiger partial charge in [0.1, 0.15) is 11.4 Å². The Kier molecular flexibility index (Phi) is 3.90. The number of rotatable bonds is 2. The third-order valence-corrected chi connectivity index (χ3v) is 2.55. The molecule has 0 aliphatic carbocycles. The van der Waals surface area contributed by atoms with E-state index in [0.29, 0.717) is 6.07 Å². The van der Waals surface area contributed by atoms with Crippen LogP contribution < -0.4 is 10.3 Å². The standard InChI is InChI=1S/C13H7F6NO2/c14-12(15,16)10-5-8(6-11(21)20-10)7-2-1-3-9(4-7)22-13(17,18)19/h1-6H,(H,20,21). The number of hydrogen-bond donors (Lipinski definition) is 1. The summed E-state index contributed by atoms with van der Waals surface area (Å²) in [7, 11) is 0. The smallest absolute Gasteiger partial charge is 0.406 e. The van der Waals surface area contributed by atoms with Gasteiger partial charge in [-0.05, 0) is 29.3 Å². The van der Waals surface area contributed by atoms with Gasteiger partial charge in [-0.2, -0.15) is 13.2 Å². The van der Waals surface area contributed by atoms with Crippen LogP contribution in [0.15, 0.2) is 41.2 Å². The second kappa shape index (κ2) is 5.39. The van der Waals surface area contributed by atoms with E-state index in [0.717, 1.165) is 18.2 Å². The average molecular weight is 323 g/mol. The van der Waals surface area contributed by atoms with Crippen LogP contribution >= 0.6 is 0 Å². The maximum Gasteiger partial charge on any atom is 0.573 e. The van der Waals surface area contributed by atoms with Gasteiger partial charge in [0.05, 0.1) is 0 Å². The lowest BCUT2D eigenvalue weighted by Crippen LogP contribution is -2.17. The van der Waals surface area contributed by atoms with Crippen LogP contribution in [0.3, 0.4) is 0 Å². The molecule has 1 heterocycles. The summed E-state index contributed by atoms with van der Waals surface area (Å²) in [4.78, 5) is 12.9. The molecular formula is C13H7F6NO2. The number of aromatic amines is 1. The lowest BCUT2D eigenvalue weighted by molar-refractivity contribution is -0.274. The van der Waals surface area contributed by atoms with E-state index in [4.69, 9.17) is 0 Å². The lowest BCUT2D eigenvalue weighted by Gasteiger charge is -2.11. The first kappa shape index (κ1) is 15.9. The molecule has 22 heavy (non-hydrogen) atoms. The van der Waals surface area contributed by atoms with Crippen LogP contribution in [0.25, 0.3) is 11.1 Å². The van der Waals surface area contributed by atoms with Crippen LogP contribution in [0.5, 0.6) is 5.75 Å². The fourth-order valence-corrected chi connectivity index (χ4v) is 1.74. The summed E-state index contributed by atoms with van der Waals surface area (Å²) in [6, 6.07) is 5.80. The number of alkyl halides is 6. The van der Waals surface area contributed by atoms with E-state index in [1.807, 2.05) is 0 Å². The molecule has 2 aromatic rings. The molecule has 2 rings (SSSR count). The summed E-state index contributed by atoms with van der Waals surface area (Å²) in [5, 5.41) is 0. The summed E-state index contributed by atoms with van der Waals surface area (Å²) >= 11 is 0. The summed E-state index contributed by atoms with van der Waals surface area (Å²) in [5.41, 5.74) is -2.51. The molecular weight excluding hydrogens is 316 g/mol. The van der Waals surface area contributed by atoms with E-state index in [1.54, 1.807) is 4.98 Å². The highest BCUT2D eigenvalue weighted by atomic mass is 19.4. The SMILES string of the molecule is O=c1cc(-c2cccc(OC(F)(F)F)c2)cc(C(F)(F)F)[nH]1. The van der Waals surface area contributed by atoms with Crippen LogP contribution in [0.4, 0.5) is 26.3 Å². The van der Waals surface area contributed by atoms with E-state index in [2.05, 4.69) is 4.74 Å². The van der Waals surface area contributed by atoms with Crippen molar-refractivity contribution in [2.24, 2.45) is 0 Å². The molecule has 9 heteroatoms. The van der Waals surface area contributed by atoms with Gasteiger partial charge in [0.15, 0.2) is 0 Å². The summed E-state index contributed by atoms with van der Waals surface area (Å²) in [5.74, 6) is -0.598. The Balaban J connectivity index is 2.46. The second-order valence-electron chi connectivity index (χ2n) is 4.22. The first-order chi connectivity index (χ1) is 10.0. The Morgan fingerprint density at radius 2 is 1.59 bits per heavy atom. The first-order valence-electron chi connectivity index (χ1n) is 5.72. The number of pyridine rings is 1. The number of benzene rings is 1. The largest absolute Gasteiger partial charge is 0.573 e. The predicted molar refractivity (Wildman–Crippen MR) is 64.2 cm³/mol. The van der Waals surface area contributed by atoms with Gasteiger partial charge in [-0.1, -0.05) is 12.1 Å². The number of halogens is 6. The van der Waals surface area contributed by atoms with Gasteiger partial charge in [-0.3, -0.25) is 4.79 Å². The molecule has 1 aromatic carbocycles. The first-order valence-corrected chi connectivity index (χ1v) is 5.72. The minimum Gasteiger partial charge on any atom is -0.406 e. The molecule has 0 fully saturated rings. The number of ether oxygens (including phenoxy) is 1. The molecule has 3 nitrogen and oxygen atoms in total. The Morgan fingerprint density at radius 3 is 2.18 bits per heavy atom. The van der Waals surface area contributed by atoms with Crippen molar-refractivity contribution >= 4 is 0 Å². The predicted octanol–water partition coefficient (Wildman–Crippen LogP) is 3.96. The number of aromatic nitrogens is 1. The average Bonchev–Trinajstić information content (AvgIpc) is 2.35. The fourth-order valence-electron chi connectivity index (χ4n) is 1.74. The molecule has 1 N–H and O–H groups in total. The monoisotopic (exact) mass is 323 g/mol. The third kappa shape index (κ3) is 4.03. The molecule has 0 radical (unpaired) electrons. The maximum atomic E-state index is 12.6. The van der Waals surface area contributed by atoms with Crippen molar-refractivity contribution in [3.05, 3.63) is 52.4 Å².